The fraction of sp³-hybridized carbons (Fsp3) is 0.857. The molecule has 5 nitrogen and oxygen atoms in total. The second-order valence-electron chi connectivity index (χ2n) is 5.88. The highest BCUT2D eigenvalue weighted by atomic mass is 16.3. The van der Waals surface area contributed by atoms with Crippen LogP contribution in [0.4, 0.5) is 0 Å². The van der Waals surface area contributed by atoms with Crippen LogP contribution >= 0.6 is 0 Å². The fourth-order valence-electron chi connectivity index (χ4n) is 2.88. The second kappa shape index (κ2) is 7.01. The summed E-state index contributed by atoms with van der Waals surface area (Å²) in [6.07, 6.45) is 6.76. The molecule has 0 aliphatic heterocycles. The maximum atomic E-state index is 9.26. The minimum absolute atomic E-state index is 0.217. The Labute approximate surface area is 115 Å². The number of nitrogens with zero attached hydrogens (tertiary/aromatic N) is 4. The maximum Gasteiger partial charge on any atom is 0.141 e. The van der Waals surface area contributed by atoms with Crippen molar-refractivity contribution in [3.8, 4) is 0 Å². The molecule has 1 aliphatic carbocycles. The fourth-order valence-corrected chi connectivity index (χ4v) is 2.88. The third-order valence-corrected chi connectivity index (χ3v) is 3.81. The van der Waals surface area contributed by atoms with E-state index in [0.717, 1.165) is 25.5 Å². The van der Waals surface area contributed by atoms with E-state index in [2.05, 4.69) is 28.8 Å². The Bertz CT molecular complexity index is 371. The quantitative estimate of drug-likeness (QED) is 0.815. The van der Waals surface area contributed by atoms with Gasteiger partial charge < -0.3 is 5.11 Å². The molecule has 1 N–H and O–H groups in total. The van der Waals surface area contributed by atoms with Gasteiger partial charge in [-0.15, -0.1) is 0 Å². The van der Waals surface area contributed by atoms with Gasteiger partial charge in [-0.05, 0) is 18.8 Å². The topological polar surface area (TPSA) is 54.2 Å². The van der Waals surface area contributed by atoms with Crippen molar-refractivity contribution in [3.63, 3.8) is 0 Å². The van der Waals surface area contributed by atoms with Crippen LogP contribution in [0.3, 0.4) is 0 Å². The molecule has 0 bridgehead atoms. The SMILES string of the molecule is CC(C)Cn1ncnc1CN(CCO)C1CCCC1. The molecule has 2 rings (SSSR count). The summed E-state index contributed by atoms with van der Waals surface area (Å²) in [6, 6.07) is 0.608. The zero-order chi connectivity index (χ0) is 13.7. The lowest BCUT2D eigenvalue weighted by Crippen LogP contribution is -2.36. The lowest BCUT2D eigenvalue weighted by molar-refractivity contribution is 0.139. The van der Waals surface area contributed by atoms with E-state index < -0.39 is 0 Å². The molecule has 0 aromatic carbocycles. The number of rotatable bonds is 7. The summed E-state index contributed by atoms with van der Waals surface area (Å²) in [5.74, 6) is 1.59. The van der Waals surface area contributed by atoms with E-state index in [0.29, 0.717) is 12.0 Å². The van der Waals surface area contributed by atoms with Crippen molar-refractivity contribution < 1.29 is 5.11 Å². The average molecular weight is 266 g/mol. The monoisotopic (exact) mass is 266 g/mol. The van der Waals surface area contributed by atoms with Crippen LogP contribution in [0.2, 0.25) is 0 Å². The molecular weight excluding hydrogens is 240 g/mol. The van der Waals surface area contributed by atoms with Gasteiger partial charge in [0.1, 0.15) is 12.2 Å². The van der Waals surface area contributed by atoms with Crippen molar-refractivity contribution in [2.24, 2.45) is 5.92 Å². The van der Waals surface area contributed by atoms with Gasteiger partial charge in [0.05, 0.1) is 13.2 Å². The van der Waals surface area contributed by atoms with E-state index in [1.165, 1.54) is 25.7 Å². The summed E-state index contributed by atoms with van der Waals surface area (Å²) in [5.41, 5.74) is 0. The van der Waals surface area contributed by atoms with Gasteiger partial charge >= 0.3 is 0 Å². The van der Waals surface area contributed by atoms with Crippen LogP contribution in [0.1, 0.15) is 45.4 Å². The molecule has 19 heavy (non-hydrogen) atoms. The normalized spacial score (nSPS) is 16.9. The molecule has 1 saturated carbocycles. The van der Waals surface area contributed by atoms with Crippen LogP contribution in [0.15, 0.2) is 6.33 Å². The number of hydrogen-bond acceptors (Lipinski definition) is 4. The number of aromatic nitrogens is 3. The van der Waals surface area contributed by atoms with Gasteiger partial charge in [-0.25, -0.2) is 9.67 Å². The first-order chi connectivity index (χ1) is 9.20. The lowest BCUT2D eigenvalue weighted by Gasteiger charge is -2.27. The smallest absolute Gasteiger partial charge is 0.141 e. The molecule has 0 atom stereocenters. The van der Waals surface area contributed by atoms with Gasteiger partial charge in [-0.1, -0.05) is 26.7 Å². The van der Waals surface area contributed by atoms with E-state index in [1.807, 2.05) is 4.68 Å². The van der Waals surface area contributed by atoms with Crippen LogP contribution in [0, 0.1) is 5.92 Å². The van der Waals surface area contributed by atoms with Crippen molar-refractivity contribution in [1.82, 2.24) is 19.7 Å². The molecule has 0 amide bonds. The number of aliphatic hydroxyl groups excluding tert-OH is 1. The summed E-state index contributed by atoms with van der Waals surface area (Å²) < 4.78 is 2.00. The van der Waals surface area contributed by atoms with Crippen LogP contribution in [0.25, 0.3) is 0 Å². The molecule has 1 aromatic heterocycles. The minimum atomic E-state index is 0.217. The molecule has 0 unspecified atom stereocenters. The van der Waals surface area contributed by atoms with E-state index in [9.17, 15) is 5.11 Å². The molecule has 5 heteroatoms. The van der Waals surface area contributed by atoms with Gasteiger partial charge in [0, 0.05) is 19.1 Å². The zero-order valence-corrected chi connectivity index (χ0v) is 12.1. The van der Waals surface area contributed by atoms with Crippen molar-refractivity contribution >= 4 is 0 Å². The lowest BCUT2D eigenvalue weighted by atomic mass is 10.2. The Balaban J connectivity index is 2.01. The first kappa shape index (κ1) is 14.5. The first-order valence-electron chi connectivity index (χ1n) is 7.42. The Kier molecular flexibility index (Phi) is 5.34. The van der Waals surface area contributed by atoms with Crippen LogP contribution in [-0.4, -0.2) is 44.0 Å². The second-order valence-corrected chi connectivity index (χ2v) is 5.88. The third kappa shape index (κ3) is 4.01. The maximum absolute atomic E-state index is 9.26. The van der Waals surface area contributed by atoms with E-state index in [-0.39, 0.29) is 6.61 Å². The minimum Gasteiger partial charge on any atom is -0.395 e. The summed E-state index contributed by atoms with van der Waals surface area (Å²) >= 11 is 0. The predicted molar refractivity (Wildman–Crippen MR) is 74.6 cm³/mol. The Hall–Kier alpha value is -0.940. The molecule has 1 heterocycles. The van der Waals surface area contributed by atoms with Crippen molar-refractivity contribution in [2.45, 2.75) is 58.7 Å². The highest BCUT2D eigenvalue weighted by molar-refractivity contribution is 4.88. The van der Waals surface area contributed by atoms with Crippen LogP contribution < -0.4 is 0 Å². The number of aliphatic hydroxyl groups is 1. The Morgan fingerprint density at radius 3 is 2.79 bits per heavy atom. The predicted octanol–water partition coefficient (Wildman–Crippen LogP) is 1.67. The molecule has 1 fully saturated rings. The van der Waals surface area contributed by atoms with Crippen molar-refractivity contribution in [2.75, 3.05) is 13.2 Å². The Morgan fingerprint density at radius 1 is 1.42 bits per heavy atom. The molecule has 0 saturated heterocycles. The molecule has 0 spiro atoms. The molecule has 0 radical (unpaired) electrons. The standard InChI is InChI=1S/C14H26N4O/c1-12(2)9-18-14(15-11-16-18)10-17(7-8-19)13-5-3-4-6-13/h11-13,19H,3-10H2,1-2H3. The highest BCUT2D eigenvalue weighted by Gasteiger charge is 2.23. The largest absolute Gasteiger partial charge is 0.395 e. The molecule has 1 aliphatic rings. The van der Waals surface area contributed by atoms with Gasteiger partial charge in [-0.3, -0.25) is 4.90 Å². The Morgan fingerprint density at radius 2 is 2.16 bits per heavy atom. The zero-order valence-electron chi connectivity index (χ0n) is 12.1. The molecule has 1 aromatic rings. The van der Waals surface area contributed by atoms with Crippen molar-refractivity contribution in [3.05, 3.63) is 12.2 Å². The van der Waals surface area contributed by atoms with Gasteiger partial charge in [0.15, 0.2) is 0 Å². The third-order valence-electron chi connectivity index (χ3n) is 3.81. The van der Waals surface area contributed by atoms with Crippen molar-refractivity contribution in [1.29, 1.82) is 0 Å². The summed E-state index contributed by atoms with van der Waals surface area (Å²) in [6.45, 7) is 7.04. The van der Waals surface area contributed by atoms with Gasteiger partial charge in [0.25, 0.3) is 0 Å². The van der Waals surface area contributed by atoms with Gasteiger partial charge in [0.2, 0.25) is 0 Å². The summed E-state index contributed by atoms with van der Waals surface area (Å²) in [5, 5.41) is 13.6. The molecule has 108 valence electrons. The average Bonchev–Trinajstić information content (AvgIpc) is 3.00. The molecular formula is C14H26N4O. The number of hydrogen-bond donors (Lipinski definition) is 1. The van der Waals surface area contributed by atoms with Crippen LogP contribution in [-0.2, 0) is 13.1 Å². The summed E-state index contributed by atoms with van der Waals surface area (Å²) in [4.78, 5) is 6.76. The van der Waals surface area contributed by atoms with E-state index in [1.54, 1.807) is 6.33 Å². The van der Waals surface area contributed by atoms with E-state index >= 15 is 0 Å². The van der Waals surface area contributed by atoms with Crippen LogP contribution in [0.5, 0.6) is 0 Å². The summed E-state index contributed by atoms with van der Waals surface area (Å²) in [7, 11) is 0. The highest BCUT2D eigenvalue weighted by Crippen LogP contribution is 2.24. The van der Waals surface area contributed by atoms with Gasteiger partial charge in [-0.2, -0.15) is 5.10 Å². The van der Waals surface area contributed by atoms with E-state index in [4.69, 9.17) is 0 Å². The first-order valence-corrected chi connectivity index (χ1v) is 7.42.